The van der Waals surface area contributed by atoms with E-state index in [0.29, 0.717) is 0 Å². The summed E-state index contributed by atoms with van der Waals surface area (Å²) in [5.74, 6) is 0.272. The molecule has 0 aromatic carbocycles. The van der Waals surface area contributed by atoms with Crippen molar-refractivity contribution in [2.75, 3.05) is 6.54 Å². The van der Waals surface area contributed by atoms with Gasteiger partial charge in [-0.1, -0.05) is 187 Å². The van der Waals surface area contributed by atoms with Crippen LogP contribution in [0.15, 0.2) is 12.2 Å². The van der Waals surface area contributed by atoms with Gasteiger partial charge in [0.2, 0.25) is 5.91 Å². The molecule has 0 heterocycles. The molecule has 0 unspecified atom stereocenters. The van der Waals surface area contributed by atoms with Gasteiger partial charge in [0.15, 0.2) is 0 Å². The van der Waals surface area contributed by atoms with Crippen molar-refractivity contribution in [1.29, 1.82) is 0 Å². The second kappa shape index (κ2) is 36.2. The zero-order valence-corrected chi connectivity index (χ0v) is 27.9. The van der Waals surface area contributed by atoms with Crippen molar-refractivity contribution in [3.63, 3.8) is 0 Å². The van der Waals surface area contributed by atoms with Gasteiger partial charge in [-0.3, -0.25) is 4.79 Å². The van der Waals surface area contributed by atoms with Crippen LogP contribution in [0.1, 0.15) is 219 Å². The van der Waals surface area contributed by atoms with Crippen LogP contribution in [-0.4, -0.2) is 12.5 Å². The van der Waals surface area contributed by atoms with Gasteiger partial charge in [0.05, 0.1) is 0 Å². The van der Waals surface area contributed by atoms with Crippen LogP contribution in [0.2, 0.25) is 0 Å². The van der Waals surface area contributed by atoms with Gasteiger partial charge in [-0.25, -0.2) is 0 Å². The highest BCUT2D eigenvalue weighted by atomic mass is 16.1. The average Bonchev–Trinajstić information content (AvgIpc) is 2.96. The smallest absolute Gasteiger partial charge is 0.219 e. The normalized spacial score (nSPS) is 11.6. The lowest BCUT2D eigenvalue weighted by Crippen LogP contribution is -2.23. The summed E-state index contributed by atoms with van der Waals surface area (Å²) in [4.78, 5) is 12.0. The average molecular weight is 562 g/mol. The summed E-state index contributed by atoms with van der Waals surface area (Å²) >= 11 is 0. The molecule has 0 rings (SSSR count). The first-order valence-electron chi connectivity index (χ1n) is 18.7. The fraction of sp³-hybridized carbons (Fsp3) is 0.921. The highest BCUT2D eigenvalue weighted by molar-refractivity contribution is 5.75. The van der Waals surface area contributed by atoms with Crippen LogP contribution in [0, 0.1) is 0 Å². The van der Waals surface area contributed by atoms with Crippen molar-refractivity contribution in [2.24, 2.45) is 0 Å². The van der Waals surface area contributed by atoms with Crippen molar-refractivity contribution in [1.82, 2.24) is 5.32 Å². The summed E-state index contributed by atoms with van der Waals surface area (Å²) in [5.41, 5.74) is 0. The Hall–Kier alpha value is -0.790. The topological polar surface area (TPSA) is 29.1 Å². The minimum absolute atomic E-state index is 0.272. The van der Waals surface area contributed by atoms with Gasteiger partial charge >= 0.3 is 0 Å². The first kappa shape index (κ1) is 39.2. The molecular weight excluding hydrogens is 486 g/mol. The lowest BCUT2D eigenvalue weighted by Gasteiger charge is -2.06. The fourth-order valence-corrected chi connectivity index (χ4v) is 5.70. The van der Waals surface area contributed by atoms with Crippen LogP contribution in [0.4, 0.5) is 0 Å². The molecular formula is C38H75NO. The third-order valence-corrected chi connectivity index (χ3v) is 8.52. The summed E-state index contributed by atoms with van der Waals surface area (Å²) in [7, 11) is 0. The molecule has 0 atom stereocenters. The van der Waals surface area contributed by atoms with Gasteiger partial charge in [0, 0.05) is 13.0 Å². The maximum atomic E-state index is 12.0. The molecule has 0 radical (unpaired) electrons. The molecule has 0 saturated carbocycles. The molecule has 0 fully saturated rings. The highest BCUT2D eigenvalue weighted by Gasteiger charge is 2.01. The Labute approximate surface area is 253 Å². The van der Waals surface area contributed by atoms with Gasteiger partial charge in [-0.2, -0.15) is 0 Å². The van der Waals surface area contributed by atoms with Gasteiger partial charge in [-0.05, 0) is 38.5 Å². The first-order chi connectivity index (χ1) is 19.8. The maximum absolute atomic E-state index is 12.0. The SMILES string of the molecule is CCCCCC/C=C\CCCCCCCCNC(=O)CCCCCCCCCCCCCCCCCCCCC. The quantitative estimate of drug-likeness (QED) is 0.0614. The van der Waals surface area contributed by atoms with Gasteiger partial charge < -0.3 is 5.32 Å². The van der Waals surface area contributed by atoms with Gasteiger partial charge in [0.1, 0.15) is 0 Å². The fourth-order valence-electron chi connectivity index (χ4n) is 5.70. The molecule has 0 aliphatic carbocycles. The third kappa shape index (κ3) is 35.2. The molecule has 2 heteroatoms. The van der Waals surface area contributed by atoms with E-state index in [9.17, 15) is 4.79 Å². The minimum atomic E-state index is 0.272. The Morgan fingerprint density at radius 2 is 0.700 bits per heavy atom. The van der Waals surface area contributed by atoms with E-state index in [0.717, 1.165) is 25.8 Å². The van der Waals surface area contributed by atoms with Crippen LogP contribution >= 0.6 is 0 Å². The van der Waals surface area contributed by atoms with Gasteiger partial charge in [0.25, 0.3) is 0 Å². The molecule has 0 aromatic heterocycles. The Morgan fingerprint density at radius 1 is 0.400 bits per heavy atom. The second-order valence-electron chi connectivity index (χ2n) is 12.7. The van der Waals surface area contributed by atoms with E-state index in [1.165, 1.54) is 186 Å². The monoisotopic (exact) mass is 562 g/mol. The maximum Gasteiger partial charge on any atom is 0.219 e. The summed E-state index contributed by atoms with van der Waals surface area (Å²) < 4.78 is 0. The first-order valence-corrected chi connectivity index (χ1v) is 18.7. The highest BCUT2D eigenvalue weighted by Crippen LogP contribution is 2.15. The number of hydrogen-bond acceptors (Lipinski definition) is 1. The number of carbonyl (C=O) groups is 1. The molecule has 2 nitrogen and oxygen atoms in total. The molecule has 0 saturated heterocycles. The summed E-state index contributed by atoms with van der Waals surface area (Å²) in [5, 5.41) is 3.14. The summed E-state index contributed by atoms with van der Waals surface area (Å²) in [6, 6.07) is 0. The molecule has 0 aromatic rings. The van der Waals surface area contributed by atoms with E-state index >= 15 is 0 Å². The van der Waals surface area contributed by atoms with Crippen molar-refractivity contribution in [3.05, 3.63) is 12.2 Å². The largest absolute Gasteiger partial charge is 0.356 e. The number of rotatable bonds is 34. The molecule has 1 N–H and O–H groups in total. The van der Waals surface area contributed by atoms with E-state index in [2.05, 4.69) is 31.3 Å². The molecule has 0 bridgehead atoms. The third-order valence-electron chi connectivity index (χ3n) is 8.52. The molecule has 0 aliphatic rings. The van der Waals surface area contributed by atoms with Crippen molar-refractivity contribution >= 4 is 5.91 Å². The second-order valence-corrected chi connectivity index (χ2v) is 12.7. The summed E-state index contributed by atoms with van der Waals surface area (Å²) in [6.07, 6.45) is 47.8. The molecule has 0 spiro atoms. The van der Waals surface area contributed by atoms with E-state index < -0.39 is 0 Å². The van der Waals surface area contributed by atoms with Gasteiger partial charge in [-0.15, -0.1) is 0 Å². The number of allylic oxidation sites excluding steroid dienone is 2. The van der Waals surface area contributed by atoms with E-state index in [1.54, 1.807) is 0 Å². The Kier molecular flexibility index (Phi) is 35.5. The Bertz CT molecular complexity index is 500. The standard InChI is InChI=1S/C38H75NO/c1-3-5-7-9-11-13-15-17-19-20-21-22-23-24-26-28-30-32-34-36-38(40)39-37-35-33-31-29-27-25-18-16-14-12-10-8-6-4-2/h14,16H,3-13,15,17-37H2,1-2H3,(H,39,40)/b16-14-. The van der Waals surface area contributed by atoms with Crippen LogP contribution in [-0.2, 0) is 4.79 Å². The molecule has 0 aliphatic heterocycles. The molecule has 40 heavy (non-hydrogen) atoms. The zero-order valence-electron chi connectivity index (χ0n) is 27.9. The Balaban J connectivity index is 3.17. The Morgan fingerprint density at radius 3 is 1.10 bits per heavy atom. The van der Waals surface area contributed by atoms with Crippen LogP contribution in [0.3, 0.4) is 0 Å². The van der Waals surface area contributed by atoms with E-state index in [1.807, 2.05) is 0 Å². The molecule has 1 amide bonds. The number of nitrogens with one attached hydrogen (secondary N) is 1. The number of unbranched alkanes of at least 4 members (excludes halogenated alkanes) is 28. The van der Waals surface area contributed by atoms with Crippen molar-refractivity contribution in [2.45, 2.75) is 219 Å². The van der Waals surface area contributed by atoms with Crippen molar-refractivity contribution in [3.8, 4) is 0 Å². The number of amides is 1. The number of hydrogen-bond donors (Lipinski definition) is 1. The van der Waals surface area contributed by atoms with Crippen LogP contribution < -0.4 is 5.32 Å². The van der Waals surface area contributed by atoms with Crippen LogP contribution in [0.5, 0.6) is 0 Å². The lowest BCUT2D eigenvalue weighted by molar-refractivity contribution is -0.121. The minimum Gasteiger partial charge on any atom is -0.356 e. The predicted molar refractivity (Wildman–Crippen MR) is 181 cm³/mol. The predicted octanol–water partition coefficient (Wildman–Crippen LogP) is 13.2. The van der Waals surface area contributed by atoms with E-state index in [4.69, 9.17) is 0 Å². The summed E-state index contributed by atoms with van der Waals surface area (Å²) in [6.45, 7) is 5.44. The lowest BCUT2D eigenvalue weighted by atomic mass is 10.0. The molecule has 238 valence electrons. The van der Waals surface area contributed by atoms with Crippen molar-refractivity contribution < 1.29 is 4.79 Å². The van der Waals surface area contributed by atoms with E-state index in [-0.39, 0.29) is 5.91 Å². The number of carbonyl (C=O) groups excluding carboxylic acids is 1. The van der Waals surface area contributed by atoms with Crippen LogP contribution in [0.25, 0.3) is 0 Å². The zero-order chi connectivity index (χ0) is 29.0.